The molecule has 1 aromatic carbocycles. The smallest absolute Gasteiger partial charge is 0.146 e. The maximum Gasteiger partial charge on any atom is 0.146 e. The van der Waals surface area contributed by atoms with Gasteiger partial charge in [-0.3, -0.25) is 0 Å². The molecule has 0 spiro atoms. The van der Waals surface area contributed by atoms with Crippen LogP contribution < -0.4 is 5.73 Å². The summed E-state index contributed by atoms with van der Waals surface area (Å²) >= 11 is 1.34. The van der Waals surface area contributed by atoms with Crippen LogP contribution in [0, 0.1) is 17.1 Å². The summed E-state index contributed by atoms with van der Waals surface area (Å²) in [6, 6.07) is 7.77. The second-order valence-electron chi connectivity index (χ2n) is 3.27. The molecule has 0 fully saturated rings. The van der Waals surface area contributed by atoms with Crippen molar-refractivity contribution in [2.45, 2.75) is 5.03 Å². The van der Waals surface area contributed by atoms with Crippen LogP contribution in [0.2, 0.25) is 0 Å². The van der Waals surface area contributed by atoms with Gasteiger partial charge in [-0.1, -0.05) is 0 Å². The largest absolute Gasteiger partial charge is 0.382 e. The Labute approximate surface area is 102 Å². The summed E-state index contributed by atoms with van der Waals surface area (Å²) in [5.41, 5.74) is 6.81. The van der Waals surface area contributed by atoms with Crippen molar-refractivity contribution in [2.75, 3.05) is 12.0 Å². The molecule has 0 aliphatic carbocycles. The van der Waals surface area contributed by atoms with Crippen LogP contribution in [0.4, 0.5) is 10.2 Å². The first kappa shape index (κ1) is 11.5. The molecule has 0 saturated carbocycles. The Kier molecular flexibility index (Phi) is 3.02. The molecule has 0 aliphatic rings. The van der Waals surface area contributed by atoms with Crippen LogP contribution in [0.15, 0.2) is 29.3 Å². The highest BCUT2D eigenvalue weighted by Crippen LogP contribution is 2.26. The van der Waals surface area contributed by atoms with E-state index in [1.165, 1.54) is 28.6 Å². The summed E-state index contributed by atoms with van der Waals surface area (Å²) in [5, 5.41) is 13.8. The summed E-state index contributed by atoms with van der Waals surface area (Å²) in [7, 11) is 0. The molecule has 0 amide bonds. The highest BCUT2D eigenvalue weighted by Gasteiger charge is 2.15. The van der Waals surface area contributed by atoms with Gasteiger partial charge >= 0.3 is 0 Å². The van der Waals surface area contributed by atoms with Crippen LogP contribution in [0.5, 0.6) is 0 Å². The van der Waals surface area contributed by atoms with Gasteiger partial charge in [0.2, 0.25) is 0 Å². The van der Waals surface area contributed by atoms with E-state index in [1.54, 1.807) is 12.1 Å². The van der Waals surface area contributed by atoms with E-state index in [4.69, 9.17) is 11.0 Å². The molecular formula is C11H9FN4S. The number of nitriles is 1. The number of aromatic nitrogens is 2. The molecular weight excluding hydrogens is 239 g/mol. The monoisotopic (exact) mass is 248 g/mol. The Hall–Kier alpha value is -2.00. The van der Waals surface area contributed by atoms with Gasteiger partial charge in [0.15, 0.2) is 0 Å². The third-order valence-electron chi connectivity index (χ3n) is 2.27. The molecule has 0 radical (unpaired) electrons. The van der Waals surface area contributed by atoms with E-state index < -0.39 is 0 Å². The van der Waals surface area contributed by atoms with Crippen molar-refractivity contribution < 1.29 is 4.39 Å². The SMILES string of the molecule is CSc1nn(-c2ccc(F)cc2)c(N)c1C#N. The standard InChI is InChI=1S/C11H9FN4S/c1-17-11-9(6-13)10(14)16(15-11)8-4-2-7(12)3-5-8/h2-5H,14H2,1H3. The summed E-state index contributed by atoms with van der Waals surface area (Å²) in [5.74, 6) is -0.0615. The van der Waals surface area contributed by atoms with Gasteiger partial charge < -0.3 is 5.73 Å². The Morgan fingerprint density at radius 3 is 2.53 bits per heavy atom. The van der Waals surface area contributed by atoms with Crippen molar-refractivity contribution in [1.29, 1.82) is 5.26 Å². The fraction of sp³-hybridized carbons (Fsp3) is 0.0909. The first-order chi connectivity index (χ1) is 8.17. The molecule has 17 heavy (non-hydrogen) atoms. The summed E-state index contributed by atoms with van der Waals surface area (Å²) in [6.07, 6.45) is 1.82. The third kappa shape index (κ3) is 1.97. The van der Waals surface area contributed by atoms with Crippen LogP contribution in [0.3, 0.4) is 0 Å². The van der Waals surface area contributed by atoms with Crippen molar-refractivity contribution in [1.82, 2.24) is 9.78 Å². The molecule has 0 aliphatic heterocycles. The van der Waals surface area contributed by atoms with Gasteiger partial charge in [0.25, 0.3) is 0 Å². The van der Waals surface area contributed by atoms with E-state index in [1.807, 2.05) is 12.3 Å². The van der Waals surface area contributed by atoms with Crippen LogP contribution in [0.25, 0.3) is 5.69 Å². The van der Waals surface area contributed by atoms with E-state index in [0.717, 1.165) is 0 Å². The minimum Gasteiger partial charge on any atom is -0.382 e. The number of nitrogens with zero attached hydrogens (tertiary/aromatic N) is 3. The first-order valence-electron chi connectivity index (χ1n) is 4.76. The zero-order valence-corrected chi connectivity index (χ0v) is 9.83. The highest BCUT2D eigenvalue weighted by atomic mass is 32.2. The molecule has 0 atom stereocenters. The Balaban J connectivity index is 2.57. The summed E-state index contributed by atoms with van der Waals surface area (Å²) in [6.45, 7) is 0. The van der Waals surface area contributed by atoms with Crippen LogP contribution in [-0.2, 0) is 0 Å². The number of rotatable bonds is 2. The molecule has 0 unspecified atom stereocenters. The zero-order chi connectivity index (χ0) is 12.4. The van der Waals surface area contributed by atoms with Crippen molar-refractivity contribution in [3.05, 3.63) is 35.6 Å². The molecule has 2 N–H and O–H groups in total. The fourth-order valence-corrected chi connectivity index (χ4v) is 1.95. The molecule has 1 heterocycles. The first-order valence-corrected chi connectivity index (χ1v) is 5.98. The number of hydrogen-bond acceptors (Lipinski definition) is 4. The van der Waals surface area contributed by atoms with Gasteiger partial charge in [-0.2, -0.15) is 10.4 Å². The second kappa shape index (κ2) is 4.47. The van der Waals surface area contributed by atoms with Crippen molar-refractivity contribution in [3.63, 3.8) is 0 Å². The molecule has 0 saturated heterocycles. The van der Waals surface area contributed by atoms with Crippen LogP contribution >= 0.6 is 11.8 Å². The number of benzene rings is 1. The van der Waals surface area contributed by atoms with E-state index in [0.29, 0.717) is 16.3 Å². The molecule has 86 valence electrons. The number of hydrogen-bond donors (Lipinski definition) is 1. The number of nitrogens with two attached hydrogens (primary N) is 1. The molecule has 6 heteroatoms. The minimum atomic E-state index is -0.329. The Morgan fingerprint density at radius 2 is 2.06 bits per heavy atom. The Morgan fingerprint density at radius 1 is 1.41 bits per heavy atom. The topological polar surface area (TPSA) is 67.6 Å². The highest BCUT2D eigenvalue weighted by molar-refractivity contribution is 7.98. The number of nitrogen functional groups attached to an aromatic ring is 1. The fourth-order valence-electron chi connectivity index (χ4n) is 1.44. The van der Waals surface area contributed by atoms with Gasteiger partial charge in [0, 0.05) is 0 Å². The van der Waals surface area contributed by atoms with Gasteiger partial charge in [-0.15, -0.1) is 11.8 Å². The predicted octanol–water partition coefficient (Wildman–Crippen LogP) is 2.19. The van der Waals surface area contributed by atoms with Gasteiger partial charge in [-0.05, 0) is 30.5 Å². The van der Waals surface area contributed by atoms with Crippen LogP contribution in [-0.4, -0.2) is 16.0 Å². The summed E-state index contributed by atoms with van der Waals surface area (Å²) < 4.78 is 14.2. The molecule has 4 nitrogen and oxygen atoms in total. The van der Waals surface area contributed by atoms with Crippen LogP contribution in [0.1, 0.15) is 5.56 Å². The number of anilines is 1. The van der Waals surface area contributed by atoms with E-state index in [-0.39, 0.29) is 11.6 Å². The lowest BCUT2D eigenvalue weighted by Crippen LogP contribution is -2.02. The minimum absolute atomic E-state index is 0.267. The van der Waals surface area contributed by atoms with Crippen molar-refractivity contribution >= 4 is 17.6 Å². The molecule has 0 bridgehead atoms. The average molecular weight is 248 g/mol. The predicted molar refractivity (Wildman–Crippen MR) is 64.4 cm³/mol. The van der Waals surface area contributed by atoms with Crippen molar-refractivity contribution in [3.8, 4) is 11.8 Å². The Bertz CT molecular complexity index is 583. The van der Waals surface area contributed by atoms with Crippen molar-refractivity contribution in [2.24, 2.45) is 0 Å². The maximum absolute atomic E-state index is 12.8. The maximum atomic E-state index is 12.8. The lowest BCUT2D eigenvalue weighted by atomic mass is 10.3. The van der Waals surface area contributed by atoms with Gasteiger partial charge in [-0.25, -0.2) is 9.07 Å². The normalized spacial score (nSPS) is 10.2. The average Bonchev–Trinajstić information content (AvgIpc) is 2.66. The van der Waals surface area contributed by atoms with E-state index in [2.05, 4.69) is 5.10 Å². The van der Waals surface area contributed by atoms with E-state index in [9.17, 15) is 4.39 Å². The summed E-state index contributed by atoms with van der Waals surface area (Å²) in [4.78, 5) is 0. The number of thioether (sulfide) groups is 1. The van der Waals surface area contributed by atoms with Gasteiger partial charge in [0.05, 0.1) is 5.69 Å². The molecule has 2 aromatic rings. The lowest BCUT2D eigenvalue weighted by molar-refractivity contribution is 0.627. The zero-order valence-electron chi connectivity index (χ0n) is 9.01. The third-order valence-corrected chi connectivity index (χ3v) is 2.94. The number of halogens is 1. The lowest BCUT2D eigenvalue weighted by Gasteiger charge is -2.02. The van der Waals surface area contributed by atoms with E-state index >= 15 is 0 Å². The second-order valence-corrected chi connectivity index (χ2v) is 4.06. The molecule has 1 aromatic heterocycles. The molecule has 2 rings (SSSR count). The van der Waals surface area contributed by atoms with Gasteiger partial charge in [0.1, 0.15) is 28.3 Å². The quantitative estimate of drug-likeness (QED) is 0.827.